The van der Waals surface area contributed by atoms with Gasteiger partial charge in [0.05, 0.1) is 20.1 Å². The Bertz CT molecular complexity index is 609. The van der Waals surface area contributed by atoms with Crippen molar-refractivity contribution in [3.05, 3.63) is 54.1 Å². The number of nitrogens with one attached hydrogen (secondary N) is 1. The number of nitrogen functional groups attached to an aromatic ring is 1. The third kappa shape index (κ3) is 5.90. The maximum Gasteiger partial charge on any atom is 0.224 e. The van der Waals surface area contributed by atoms with E-state index in [1.807, 2.05) is 36.4 Å². The van der Waals surface area contributed by atoms with E-state index in [2.05, 4.69) is 5.32 Å². The van der Waals surface area contributed by atoms with Crippen molar-refractivity contribution in [1.29, 1.82) is 0 Å². The molecule has 5 heteroatoms. The second kappa shape index (κ2) is 8.68. The first-order valence-electron chi connectivity index (χ1n) is 7.55. The molecule has 2 aromatic rings. The fourth-order valence-corrected chi connectivity index (χ4v) is 2.05. The molecule has 23 heavy (non-hydrogen) atoms. The first kappa shape index (κ1) is 16.7. The Morgan fingerprint density at radius 1 is 1.04 bits per heavy atom. The quantitative estimate of drug-likeness (QED) is 0.580. The number of amides is 1. The summed E-state index contributed by atoms with van der Waals surface area (Å²) in [7, 11) is 1.63. The lowest BCUT2D eigenvalue weighted by molar-refractivity contribution is -0.120. The van der Waals surface area contributed by atoms with E-state index in [4.69, 9.17) is 15.2 Å². The number of nitrogens with two attached hydrogens (primary N) is 1. The molecule has 0 saturated heterocycles. The number of ether oxygens (including phenoxy) is 2. The van der Waals surface area contributed by atoms with Crippen molar-refractivity contribution in [3.8, 4) is 11.5 Å². The third-order valence-electron chi connectivity index (χ3n) is 3.32. The van der Waals surface area contributed by atoms with Crippen molar-refractivity contribution >= 4 is 11.6 Å². The highest BCUT2D eigenvalue weighted by molar-refractivity contribution is 5.78. The monoisotopic (exact) mass is 314 g/mol. The molecular formula is C18H22N2O3. The Kier molecular flexibility index (Phi) is 6.29. The minimum Gasteiger partial charge on any atom is -0.497 e. The Morgan fingerprint density at radius 2 is 1.70 bits per heavy atom. The van der Waals surface area contributed by atoms with Gasteiger partial charge in [0, 0.05) is 12.2 Å². The maximum atomic E-state index is 11.8. The summed E-state index contributed by atoms with van der Waals surface area (Å²) in [4.78, 5) is 11.8. The molecule has 0 atom stereocenters. The van der Waals surface area contributed by atoms with E-state index in [-0.39, 0.29) is 5.91 Å². The van der Waals surface area contributed by atoms with Gasteiger partial charge in [0.1, 0.15) is 11.5 Å². The van der Waals surface area contributed by atoms with Gasteiger partial charge in [0.25, 0.3) is 0 Å². The molecule has 0 bridgehead atoms. The molecule has 0 heterocycles. The number of carbonyl (C=O) groups excluding carboxylic acids is 1. The summed E-state index contributed by atoms with van der Waals surface area (Å²) < 4.78 is 10.7. The summed E-state index contributed by atoms with van der Waals surface area (Å²) in [6.07, 6.45) is 1.11. The Morgan fingerprint density at radius 3 is 2.35 bits per heavy atom. The highest BCUT2D eigenvalue weighted by Gasteiger charge is 2.02. The van der Waals surface area contributed by atoms with Gasteiger partial charge in [-0.15, -0.1) is 0 Å². The molecule has 0 spiro atoms. The number of methoxy groups -OCH3 is 1. The maximum absolute atomic E-state index is 11.8. The molecule has 2 rings (SSSR count). The van der Waals surface area contributed by atoms with Crippen LogP contribution in [0.15, 0.2) is 48.5 Å². The van der Waals surface area contributed by atoms with Crippen LogP contribution in [0.4, 0.5) is 5.69 Å². The van der Waals surface area contributed by atoms with Crippen LogP contribution in [0.1, 0.15) is 12.0 Å². The van der Waals surface area contributed by atoms with Crippen molar-refractivity contribution in [2.24, 2.45) is 0 Å². The molecule has 0 aliphatic rings. The molecule has 0 saturated carbocycles. The van der Waals surface area contributed by atoms with Gasteiger partial charge in [-0.3, -0.25) is 4.79 Å². The van der Waals surface area contributed by atoms with Gasteiger partial charge >= 0.3 is 0 Å². The number of hydrogen-bond acceptors (Lipinski definition) is 4. The van der Waals surface area contributed by atoms with Crippen LogP contribution in [-0.4, -0.2) is 26.2 Å². The highest BCUT2D eigenvalue weighted by atomic mass is 16.5. The molecule has 1 amide bonds. The summed E-state index contributed by atoms with van der Waals surface area (Å²) in [5, 5.41) is 2.88. The molecule has 2 aromatic carbocycles. The van der Waals surface area contributed by atoms with Crippen LogP contribution in [-0.2, 0) is 11.2 Å². The summed E-state index contributed by atoms with van der Waals surface area (Å²) in [6.45, 7) is 1.14. The number of hydrogen-bond donors (Lipinski definition) is 2. The molecule has 5 nitrogen and oxygen atoms in total. The molecule has 122 valence electrons. The van der Waals surface area contributed by atoms with Crippen LogP contribution in [0, 0.1) is 0 Å². The molecule has 3 N–H and O–H groups in total. The highest BCUT2D eigenvalue weighted by Crippen LogP contribution is 2.16. The fraction of sp³-hybridized carbons (Fsp3) is 0.278. The summed E-state index contributed by atoms with van der Waals surface area (Å²) in [5.74, 6) is 1.59. The van der Waals surface area contributed by atoms with Crippen LogP contribution >= 0.6 is 0 Å². The SMILES string of the molecule is COc1ccc(OCCCNC(=O)Cc2ccc(N)cc2)cc1. The minimum absolute atomic E-state index is 0.000723. The van der Waals surface area contributed by atoms with Crippen LogP contribution < -0.4 is 20.5 Å². The van der Waals surface area contributed by atoms with Gasteiger partial charge in [-0.25, -0.2) is 0 Å². The first-order chi connectivity index (χ1) is 11.2. The summed E-state index contributed by atoms with van der Waals surface area (Å²) in [5.41, 5.74) is 7.26. The van der Waals surface area contributed by atoms with Crippen LogP contribution in [0.2, 0.25) is 0 Å². The van der Waals surface area contributed by atoms with Gasteiger partial charge in [-0.05, 0) is 48.4 Å². The predicted octanol–water partition coefficient (Wildman–Crippen LogP) is 2.41. The number of carbonyl (C=O) groups is 1. The van der Waals surface area contributed by atoms with Crippen molar-refractivity contribution in [3.63, 3.8) is 0 Å². The normalized spacial score (nSPS) is 10.1. The van der Waals surface area contributed by atoms with Crippen molar-refractivity contribution < 1.29 is 14.3 Å². The molecule has 0 radical (unpaired) electrons. The summed E-state index contributed by atoms with van der Waals surface area (Å²) >= 11 is 0. The van der Waals surface area contributed by atoms with E-state index >= 15 is 0 Å². The molecular weight excluding hydrogens is 292 g/mol. The topological polar surface area (TPSA) is 73.6 Å². The molecule has 0 unspecified atom stereocenters. The van der Waals surface area contributed by atoms with E-state index in [0.717, 1.165) is 23.5 Å². The van der Waals surface area contributed by atoms with Crippen molar-refractivity contribution in [2.45, 2.75) is 12.8 Å². The van der Waals surface area contributed by atoms with Gasteiger partial charge < -0.3 is 20.5 Å². The van der Waals surface area contributed by atoms with E-state index in [1.54, 1.807) is 19.2 Å². The second-order valence-electron chi connectivity index (χ2n) is 5.15. The van der Waals surface area contributed by atoms with Gasteiger partial charge in [0.2, 0.25) is 5.91 Å². The Labute approximate surface area is 136 Å². The zero-order chi connectivity index (χ0) is 16.5. The van der Waals surface area contributed by atoms with E-state index in [0.29, 0.717) is 25.3 Å². The van der Waals surface area contributed by atoms with Crippen LogP contribution in [0.25, 0.3) is 0 Å². The van der Waals surface area contributed by atoms with Gasteiger partial charge in [-0.2, -0.15) is 0 Å². The smallest absolute Gasteiger partial charge is 0.224 e. The lowest BCUT2D eigenvalue weighted by Crippen LogP contribution is -2.27. The molecule has 0 aromatic heterocycles. The zero-order valence-electron chi connectivity index (χ0n) is 13.2. The van der Waals surface area contributed by atoms with E-state index in [1.165, 1.54) is 0 Å². The van der Waals surface area contributed by atoms with Crippen molar-refractivity contribution in [1.82, 2.24) is 5.32 Å². The number of benzene rings is 2. The lowest BCUT2D eigenvalue weighted by atomic mass is 10.1. The zero-order valence-corrected chi connectivity index (χ0v) is 13.2. The van der Waals surface area contributed by atoms with E-state index < -0.39 is 0 Å². The Balaban J connectivity index is 1.61. The average molecular weight is 314 g/mol. The van der Waals surface area contributed by atoms with Crippen molar-refractivity contribution in [2.75, 3.05) is 26.0 Å². The summed E-state index contributed by atoms with van der Waals surface area (Å²) in [6, 6.07) is 14.7. The molecule has 0 aliphatic carbocycles. The average Bonchev–Trinajstić information content (AvgIpc) is 2.57. The van der Waals surface area contributed by atoms with Crippen LogP contribution in [0.5, 0.6) is 11.5 Å². The molecule has 0 fully saturated rings. The Hall–Kier alpha value is -2.69. The third-order valence-corrected chi connectivity index (χ3v) is 3.32. The van der Waals surface area contributed by atoms with Gasteiger partial charge in [-0.1, -0.05) is 12.1 Å². The van der Waals surface area contributed by atoms with Crippen LogP contribution in [0.3, 0.4) is 0 Å². The molecule has 0 aliphatic heterocycles. The minimum atomic E-state index is -0.000723. The largest absolute Gasteiger partial charge is 0.497 e. The van der Waals surface area contributed by atoms with E-state index in [9.17, 15) is 4.79 Å². The standard InChI is InChI=1S/C18H22N2O3/c1-22-16-7-9-17(10-8-16)23-12-2-11-20-18(21)13-14-3-5-15(19)6-4-14/h3-10H,2,11-13,19H2,1H3,(H,20,21). The second-order valence-corrected chi connectivity index (χ2v) is 5.15. The number of rotatable bonds is 8. The first-order valence-corrected chi connectivity index (χ1v) is 7.55. The number of anilines is 1. The lowest BCUT2D eigenvalue weighted by Gasteiger charge is -2.08. The fourth-order valence-electron chi connectivity index (χ4n) is 2.05. The van der Waals surface area contributed by atoms with Gasteiger partial charge in [0.15, 0.2) is 0 Å². The predicted molar refractivity (Wildman–Crippen MR) is 90.7 cm³/mol.